The van der Waals surface area contributed by atoms with Crippen molar-refractivity contribution in [1.82, 2.24) is 0 Å². The first-order chi connectivity index (χ1) is 9.43. The number of hydrogen-bond acceptors (Lipinski definition) is 6. The highest BCUT2D eigenvalue weighted by atomic mass is 31.3. The normalized spacial score (nSPS) is 19.3. The first-order valence-corrected chi connectivity index (χ1v) is 9.02. The van der Waals surface area contributed by atoms with E-state index in [0.29, 0.717) is 12.8 Å². The van der Waals surface area contributed by atoms with Gasteiger partial charge in [0.25, 0.3) is 0 Å². The summed E-state index contributed by atoms with van der Waals surface area (Å²) in [6.45, 7) is 6.97. The van der Waals surface area contributed by atoms with E-state index >= 15 is 0 Å². The Labute approximate surface area is 123 Å². The molecule has 0 amide bonds. The molecule has 3 atom stereocenters. The second-order valence-corrected chi connectivity index (χ2v) is 7.27. The smallest absolute Gasteiger partial charge is 0.327 e. The fourth-order valence-electron chi connectivity index (χ4n) is 1.57. The molecule has 0 saturated carbocycles. The quantitative estimate of drug-likeness (QED) is 0.210. The van der Waals surface area contributed by atoms with Crippen LogP contribution in [0.4, 0.5) is 0 Å². The van der Waals surface area contributed by atoms with Crippen LogP contribution in [-0.4, -0.2) is 26.4 Å². The van der Waals surface area contributed by atoms with Gasteiger partial charge in [0, 0.05) is 12.5 Å². The lowest BCUT2D eigenvalue weighted by Crippen LogP contribution is -2.42. The van der Waals surface area contributed by atoms with E-state index in [4.69, 9.17) is 25.8 Å². The fraction of sp³-hybridized carbons (Fsp3) is 0.600. The Hall–Kier alpha value is -0.340. The maximum atomic E-state index is 11.5. The third-order valence-corrected chi connectivity index (χ3v) is 4.67. The van der Waals surface area contributed by atoms with Gasteiger partial charge in [0.05, 0.1) is 0 Å². The molecule has 0 aromatic carbocycles. The molecule has 0 heterocycles. The molecule has 0 bridgehead atoms. The third-order valence-electron chi connectivity index (χ3n) is 2.40. The molecule has 0 aromatic heterocycles. The van der Waals surface area contributed by atoms with Crippen LogP contribution in [0.5, 0.6) is 0 Å². The molecule has 3 unspecified atom stereocenters. The molecule has 124 valence electrons. The van der Waals surface area contributed by atoms with Crippen LogP contribution in [-0.2, 0) is 18.0 Å². The summed E-state index contributed by atoms with van der Waals surface area (Å²) in [6, 6.07) is -0.278. The summed E-state index contributed by atoms with van der Waals surface area (Å²) >= 11 is 0. The predicted molar refractivity (Wildman–Crippen MR) is 77.8 cm³/mol. The van der Waals surface area contributed by atoms with Gasteiger partial charge < -0.3 is 26.1 Å². The molecular formula is C10H22N2O7P2. The van der Waals surface area contributed by atoms with Crippen LogP contribution in [0.3, 0.4) is 0 Å². The number of phosphoric ester groups is 1. The van der Waals surface area contributed by atoms with Gasteiger partial charge >= 0.3 is 15.6 Å². The zero-order valence-corrected chi connectivity index (χ0v) is 13.3. The van der Waals surface area contributed by atoms with E-state index in [1.807, 2.05) is 0 Å². The maximum Gasteiger partial charge on any atom is 0.482 e. The molecule has 0 aliphatic rings. The van der Waals surface area contributed by atoms with E-state index < -0.39 is 21.4 Å². The number of hydrogen-bond donors (Lipinski definition) is 5. The van der Waals surface area contributed by atoms with Crippen molar-refractivity contribution in [2.24, 2.45) is 11.5 Å². The largest absolute Gasteiger partial charge is 0.482 e. The minimum Gasteiger partial charge on any atom is -0.327 e. The number of rotatable bonds is 11. The summed E-state index contributed by atoms with van der Waals surface area (Å²) in [4.78, 5) is 26.4. The number of nitrogens with two attached hydrogens (primary N) is 2. The van der Waals surface area contributed by atoms with Crippen LogP contribution in [0.2, 0.25) is 0 Å². The van der Waals surface area contributed by atoms with Crippen molar-refractivity contribution in [1.29, 1.82) is 0 Å². The van der Waals surface area contributed by atoms with Crippen LogP contribution in [0.25, 0.3) is 0 Å². The Morgan fingerprint density at radius 2 is 1.81 bits per heavy atom. The summed E-state index contributed by atoms with van der Waals surface area (Å²) in [7, 11) is -10.2. The molecule has 0 saturated heterocycles. The van der Waals surface area contributed by atoms with Crippen molar-refractivity contribution < 1.29 is 32.6 Å². The number of phosphoric acid groups is 2. The highest BCUT2D eigenvalue weighted by Gasteiger charge is 2.40. The molecule has 7 N–H and O–H groups in total. The highest BCUT2D eigenvalue weighted by molar-refractivity contribution is 7.60. The minimum atomic E-state index is -5.20. The SMILES string of the molecule is C=CCC(N)CCC(N)(CC=C)OP(=O)(O)OP(=O)(O)O. The zero-order valence-electron chi connectivity index (χ0n) is 11.5. The first kappa shape index (κ1) is 20.7. The van der Waals surface area contributed by atoms with Gasteiger partial charge in [-0.1, -0.05) is 12.2 Å². The summed E-state index contributed by atoms with van der Waals surface area (Å²) in [5.74, 6) is 0. The van der Waals surface area contributed by atoms with E-state index in [9.17, 15) is 14.0 Å². The monoisotopic (exact) mass is 344 g/mol. The van der Waals surface area contributed by atoms with E-state index in [0.717, 1.165) is 0 Å². The molecule has 0 aromatic rings. The van der Waals surface area contributed by atoms with Gasteiger partial charge in [-0.15, -0.1) is 13.2 Å². The Balaban J connectivity index is 4.86. The van der Waals surface area contributed by atoms with E-state index in [2.05, 4.69) is 17.5 Å². The Morgan fingerprint density at radius 3 is 2.24 bits per heavy atom. The van der Waals surface area contributed by atoms with Crippen molar-refractivity contribution in [3.63, 3.8) is 0 Å². The van der Waals surface area contributed by atoms with E-state index in [-0.39, 0.29) is 18.9 Å². The molecule has 0 fully saturated rings. The fourth-order valence-corrected chi connectivity index (χ4v) is 3.41. The zero-order chi connectivity index (χ0) is 16.7. The molecule has 0 radical (unpaired) electrons. The van der Waals surface area contributed by atoms with Crippen LogP contribution in [0.1, 0.15) is 25.7 Å². The molecule has 0 aliphatic heterocycles. The van der Waals surface area contributed by atoms with Gasteiger partial charge in [-0.2, -0.15) is 4.31 Å². The molecular weight excluding hydrogens is 322 g/mol. The molecule has 0 rings (SSSR count). The van der Waals surface area contributed by atoms with Crippen LogP contribution in [0.15, 0.2) is 25.3 Å². The lowest BCUT2D eigenvalue weighted by atomic mass is 10.00. The van der Waals surface area contributed by atoms with Crippen LogP contribution < -0.4 is 11.5 Å². The summed E-state index contributed by atoms with van der Waals surface area (Å²) in [6.07, 6.45) is 3.83. The minimum absolute atomic E-state index is 0.0388. The highest BCUT2D eigenvalue weighted by Crippen LogP contribution is 2.59. The predicted octanol–water partition coefficient (Wildman–Crippen LogP) is 1.13. The van der Waals surface area contributed by atoms with Gasteiger partial charge in [0.15, 0.2) is 0 Å². The van der Waals surface area contributed by atoms with Crippen molar-refractivity contribution in [2.75, 3.05) is 0 Å². The Bertz CT molecular complexity index is 453. The lowest BCUT2D eigenvalue weighted by molar-refractivity contribution is 0.0305. The Kier molecular flexibility index (Phi) is 8.20. The molecule has 0 spiro atoms. The second-order valence-electron chi connectivity index (χ2n) is 4.51. The van der Waals surface area contributed by atoms with E-state index in [1.165, 1.54) is 6.08 Å². The Morgan fingerprint density at radius 1 is 1.24 bits per heavy atom. The third kappa shape index (κ3) is 10.1. The van der Waals surface area contributed by atoms with Crippen molar-refractivity contribution >= 4 is 15.6 Å². The second kappa shape index (κ2) is 8.33. The molecule has 11 heteroatoms. The van der Waals surface area contributed by atoms with Crippen molar-refractivity contribution in [3.8, 4) is 0 Å². The summed E-state index contributed by atoms with van der Waals surface area (Å²) in [5, 5.41) is 0. The average molecular weight is 344 g/mol. The maximum absolute atomic E-state index is 11.5. The summed E-state index contributed by atoms with van der Waals surface area (Å²) < 4.78 is 30.6. The summed E-state index contributed by atoms with van der Waals surface area (Å²) in [5.41, 5.74) is 9.89. The van der Waals surface area contributed by atoms with Crippen molar-refractivity contribution in [3.05, 3.63) is 25.3 Å². The van der Waals surface area contributed by atoms with E-state index in [1.54, 1.807) is 6.08 Å². The van der Waals surface area contributed by atoms with Gasteiger partial charge in [-0.3, -0.25) is 4.52 Å². The average Bonchev–Trinajstić information content (AvgIpc) is 2.23. The standard InChI is InChI=1S/C10H22N2O7P2/c1-3-5-9(11)6-8-10(12,7-4-2)18-21(16,17)19-20(13,14)15/h3-4,9H,1-2,5-8,11-12H2,(H,16,17)(H2,13,14,15). The van der Waals surface area contributed by atoms with Gasteiger partial charge in [-0.25, -0.2) is 9.13 Å². The van der Waals surface area contributed by atoms with Gasteiger partial charge in [0.1, 0.15) is 5.72 Å². The first-order valence-electron chi connectivity index (χ1n) is 6.00. The van der Waals surface area contributed by atoms with Crippen molar-refractivity contribution in [2.45, 2.75) is 37.5 Å². The lowest BCUT2D eigenvalue weighted by Gasteiger charge is -2.30. The topological polar surface area (TPSA) is 165 Å². The van der Waals surface area contributed by atoms with Crippen LogP contribution >= 0.6 is 15.6 Å². The van der Waals surface area contributed by atoms with Gasteiger partial charge in [0.2, 0.25) is 0 Å². The van der Waals surface area contributed by atoms with Crippen LogP contribution in [0, 0.1) is 0 Å². The molecule has 9 nitrogen and oxygen atoms in total. The van der Waals surface area contributed by atoms with Gasteiger partial charge in [-0.05, 0) is 19.3 Å². The molecule has 0 aliphatic carbocycles. The molecule has 21 heavy (non-hydrogen) atoms.